The Bertz CT molecular complexity index is 299. The second-order valence-electron chi connectivity index (χ2n) is 4.36. The zero-order valence-electron chi connectivity index (χ0n) is 8.61. The zero-order valence-corrected chi connectivity index (χ0v) is 9.37. The molecular weight excluding hydrogens is 182 g/mol. The third-order valence-corrected chi connectivity index (χ3v) is 1.95. The van der Waals surface area contributed by atoms with Crippen LogP contribution in [0.2, 0.25) is 5.02 Å². The summed E-state index contributed by atoms with van der Waals surface area (Å²) in [5.74, 6) is 0. The molecule has 1 aromatic rings. The Labute approximate surface area is 85.1 Å². The monoisotopic (exact) mass is 197 g/mol. The highest BCUT2D eigenvalue weighted by molar-refractivity contribution is 6.33. The van der Waals surface area contributed by atoms with E-state index in [1.54, 1.807) is 0 Å². The van der Waals surface area contributed by atoms with Gasteiger partial charge in [-0.3, -0.25) is 0 Å². The molecule has 1 nitrogen and oxygen atoms in total. The van der Waals surface area contributed by atoms with E-state index in [1.807, 2.05) is 19.1 Å². The maximum atomic E-state index is 6.07. The molecule has 0 radical (unpaired) electrons. The van der Waals surface area contributed by atoms with Gasteiger partial charge in [0.05, 0.1) is 10.7 Å². The molecule has 13 heavy (non-hydrogen) atoms. The number of rotatable bonds is 1. The predicted octanol–water partition coefficient (Wildman–Crippen LogP) is 3.86. The van der Waals surface area contributed by atoms with E-state index in [1.165, 1.54) is 5.56 Å². The summed E-state index contributed by atoms with van der Waals surface area (Å²) in [4.78, 5) is 0. The first-order valence-electron chi connectivity index (χ1n) is 4.43. The maximum Gasteiger partial charge on any atom is 0.0640 e. The highest BCUT2D eigenvalue weighted by atomic mass is 35.5. The van der Waals surface area contributed by atoms with E-state index in [0.29, 0.717) is 0 Å². The molecule has 0 atom stereocenters. The fraction of sp³-hybridized carbons (Fsp3) is 0.455. The van der Waals surface area contributed by atoms with Crippen LogP contribution in [0.15, 0.2) is 18.2 Å². The molecule has 1 N–H and O–H groups in total. The van der Waals surface area contributed by atoms with Crippen LogP contribution in [0.25, 0.3) is 0 Å². The summed E-state index contributed by atoms with van der Waals surface area (Å²) in [7, 11) is 0. The third-order valence-electron chi connectivity index (χ3n) is 1.63. The molecule has 2 heteroatoms. The van der Waals surface area contributed by atoms with Crippen LogP contribution in [0, 0.1) is 6.92 Å². The van der Waals surface area contributed by atoms with E-state index in [-0.39, 0.29) is 5.54 Å². The smallest absolute Gasteiger partial charge is 0.0640 e. The van der Waals surface area contributed by atoms with Gasteiger partial charge in [-0.1, -0.05) is 17.7 Å². The summed E-state index contributed by atoms with van der Waals surface area (Å²) < 4.78 is 0. The molecule has 0 amide bonds. The van der Waals surface area contributed by atoms with Crippen molar-refractivity contribution in [2.45, 2.75) is 33.2 Å². The summed E-state index contributed by atoms with van der Waals surface area (Å²) in [6, 6.07) is 6.04. The van der Waals surface area contributed by atoms with Crippen LogP contribution in [-0.2, 0) is 0 Å². The van der Waals surface area contributed by atoms with Crippen molar-refractivity contribution in [2.24, 2.45) is 0 Å². The fourth-order valence-corrected chi connectivity index (χ4v) is 1.41. The molecule has 0 unspecified atom stereocenters. The van der Waals surface area contributed by atoms with Crippen molar-refractivity contribution in [3.8, 4) is 0 Å². The van der Waals surface area contributed by atoms with Crippen molar-refractivity contribution >= 4 is 17.3 Å². The lowest BCUT2D eigenvalue weighted by atomic mass is 10.1. The lowest BCUT2D eigenvalue weighted by molar-refractivity contribution is 0.634. The standard InChI is InChI=1S/C11H16ClN/c1-8-5-6-10(9(12)7-8)13-11(2,3)4/h5-7,13H,1-4H3. The fourth-order valence-electron chi connectivity index (χ4n) is 1.13. The Morgan fingerprint density at radius 1 is 1.23 bits per heavy atom. The normalized spacial score (nSPS) is 11.5. The number of aryl methyl sites for hydroxylation is 1. The van der Waals surface area contributed by atoms with Crippen molar-refractivity contribution in [1.82, 2.24) is 0 Å². The SMILES string of the molecule is Cc1ccc(NC(C)(C)C)c(Cl)c1. The molecule has 1 rings (SSSR count). The minimum Gasteiger partial charge on any atom is -0.379 e. The largest absolute Gasteiger partial charge is 0.379 e. The molecule has 0 aliphatic rings. The first-order chi connectivity index (χ1) is 5.88. The molecule has 0 aliphatic heterocycles. The van der Waals surface area contributed by atoms with Crippen LogP contribution < -0.4 is 5.32 Å². The number of benzene rings is 1. The van der Waals surface area contributed by atoms with E-state index in [9.17, 15) is 0 Å². The van der Waals surface area contributed by atoms with Gasteiger partial charge in [-0.25, -0.2) is 0 Å². The molecule has 72 valence electrons. The van der Waals surface area contributed by atoms with E-state index >= 15 is 0 Å². The number of anilines is 1. The van der Waals surface area contributed by atoms with Crippen LogP contribution in [0.4, 0.5) is 5.69 Å². The summed E-state index contributed by atoms with van der Waals surface area (Å²) in [5.41, 5.74) is 2.24. The molecular formula is C11H16ClN. The van der Waals surface area contributed by atoms with Gasteiger partial charge in [-0.2, -0.15) is 0 Å². The molecule has 0 aromatic heterocycles. The number of nitrogens with one attached hydrogen (secondary N) is 1. The summed E-state index contributed by atoms with van der Waals surface area (Å²) in [5, 5.41) is 4.13. The van der Waals surface area contributed by atoms with Gasteiger partial charge < -0.3 is 5.32 Å². The minimum atomic E-state index is 0.0545. The van der Waals surface area contributed by atoms with Crippen molar-refractivity contribution < 1.29 is 0 Å². The van der Waals surface area contributed by atoms with Crippen LogP contribution in [0.1, 0.15) is 26.3 Å². The molecule has 0 fully saturated rings. The van der Waals surface area contributed by atoms with Gasteiger partial charge in [-0.15, -0.1) is 0 Å². The maximum absolute atomic E-state index is 6.07. The third kappa shape index (κ3) is 3.27. The van der Waals surface area contributed by atoms with Crippen molar-refractivity contribution in [1.29, 1.82) is 0 Å². The first-order valence-corrected chi connectivity index (χ1v) is 4.80. The molecule has 0 spiro atoms. The van der Waals surface area contributed by atoms with Gasteiger partial charge in [0.25, 0.3) is 0 Å². The zero-order chi connectivity index (χ0) is 10.1. The molecule has 0 bridgehead atoms. The van der Waals surface area contributed by atoms with Gasteiger partial charge in [0, 0.05) is 5.54 Å². The lowest BCUT2D eigenvalue weighted by Gasteiger charge is -2.23. The minimum absolute atomic E-state index is 0.0545. The van der Waals surface area contributed by atoms with Crippen molar-refractivity contribution in [2.75, 3.05) is 5.32 Å². The molecule has 1 aromatic carbocycles. The number of halogens is 1. The van der Waals surface area contributed by atoms with Crippen LogP contribution in [0.3, 0.4) is 0 Å². The number of hydrogen-bond donors (Lipinski definition) is 1. The van der Waals surface area contributed by atoms with Gasteiger partial charge in [-0.05, 0) is 45.4 Å². The molecule has 0 heterocycles. The second kappa shape index (κ2) is 3.59. The molecule has 0 aliphatic carbocycles. The van der Waals surface area contributed by atoms with Gasteiger partial charge >= 0.3 is 0 Å². The summed E-state index contributed by atoms with van der Waals surface area (Å²) in [6.45, 7) is 8.38. The van der Waals surface area contributed by atoms with Gasteiger partial charge in [0.1, 0.15) is 0 Å². The average molecular weight is 198 g/mol. The topological polar surface area (TPSA) is 12.0 Å². The van der Waals surface area contributed by atoms with E-state index in [0.717, 1.165) is 10.7 Å². The van der Waals surface area contributed by atoms with Crippen LogP contribution in [-0.4, -0.2) is 5.54 Å². The Morgan fingerprint density at radius 2 is 1.85 bits per heavy atom. The van der Waals surface area contributed by atoms with Crippen molar-refractivity contribution in [3.05, 3.63) is 28.8 Å². The predicted molar refractivity (Wildman–Crippen MR) is 59.6 cm³/mol. The highest BCUT2D eigenvalue weighted by Crippen LogP contribution is 2.25. The van der Waals surface area contributed by atoms with Crippen molar-refractivity contribution in [3.63, 3.8) is 0 Å². The Morgan fingerprint density at radius 3 is 2.31 bits per heavy atom. The van der Waals surface area contributed by atoms with E-state index in [4.69, 9.17) is 11.6 Å². The number of hydrogen-bond acceptors (Lipinski definition) is 1. The Balaban J connectivity index is 2.90. The molecule has 0 saturated carbocycles. The Kier molecular flexibility index (Phi) is 2.87. The lowest BCUT2D eigenvalue weighted by Crippen LogP contribution is -2.26. The van der Waals surface area contributed by atoms with Gasteiger partial charge in [0.2, 0.25) is 0 Å². The van der Waals surface area contributed by atoms with Crippen LogP contribution in [0.5, 0.6) is 0 Å². The second-order valence-corrected chi connectivity index (χ2v) is 4.77. The van der Waals surface area contributed by atoms with E-state index in [2.05, 4.69) is 32.2 Å². The van der Waals surface area contributed by atoms with Crippen LogP contribution >= 0.6 is 11.6 Å². The molecule has 0 saturated heterocycles. The Hall–Kier alpha value is -0.690. The quantitative estimate of drug-likeness (QED) is 0.721. The summed E-state index contributed by atoms with van der Waals surface area (Å²) >= 11 is 6.07. The summed E-state index contributed by atoms with van der Waals surface area (Å²) in [6.07, 6.45) is 0. The average Bonchev–Trinajstić information content (AvgIpc) is 1.93. The highest BCUT2D eigenvalue weighted by Gasteiger charge is 2.10. The van der Waals surface area contributed by atoms with E-state index < -0.39 is 0 Å². The van der Waals surface area contributed by atoms with Gasteiger partial charge in [0.15, 0.2) is 0 Å². The first kappa shape index (κ1) is 10.4.